The lowest BCUT2D eigenvalue weighted by Gasteiger charge is -2.18. The maximum Gasteiger partial charge on any atom is 0.215 e. The van der Waals surface area contributed by atoms with Crippen LogP contribution < -0.4 is 16.6 Å². The van der Waals surface area contributed by atoms with Gasteiger partial charge in [-0.25, -0.2) is 10.8 Å². The fourth-order valence-electron chi connectivity index (χ4n) is 2.74. The number of nitrogens with two attached hydrogens (primary N) is 1. The Morgan fingerprint density at radius 3 is 2.57 bits per heavy atom. The summed E-state index contributed by atoms with van der Waals surface area (Å²) in [6, 6.07) is 16.2. The lowest BCUT2D eigenvalue weighted by atomic mass is 9.90. The van der Waals surface area contributed by atoms with Crippen molar-refractivity contribution in [1.29, 1.82) is 0 Å². The van der Waals surface area contributed by atoms with E-state index in [2.05, 4.69) is 27.9 Å². The van der Waals surface area contributed by atoms with Crippen molar-refractivity contribution in [2.75, 3.05) is 5.32 Å². The van der Waals surface area contributed by atoms with Gasteiger partial charge in [0.05, 0.1) is 5.69 Å². The van der Waals surface area contributed by atoms with Gasteiger partial charge in [-0.3, -0.25) is 5.43 Å². The molecule has 0 unspecified atom stereocenters. The van der Waals surface area contributed by atoms with Crippen LogP contribution in [0.1, 0.15) is 24.0 Å². The summed E-state index contributed by atoms with van der Waals surface area (Å²) in [7, 11) is 0. The van der Waals surface area contributed by atoms with Gasteiger partial charge in [0.1, 0.15) is 0 Å². The number of hydrogen-bond donors (Lipinski definition) is 3. The van der Waals surface area contributed by atoms with E-state index in [1.54, 1.807) is 0 Å². The molecule has 4 heteroatoms. The highest BCUT2D eigenvalue weighted by molar-refractivity contribution is 5.95. The Morgan fingerprint density at radius 1 is 0.952 bits per heavy atom. The topological polar surface area (TPSA) is 62.4 Å². The first-order chi connectivity index (χ1) is 10.4. The normalized spacial score (nSPS) is 14.4. The Bertz CT molecular complexity index is 634. The Morgan fingerprint density at radius 2 is 1.76 bits per heavy atom. The number of rotatable bonds is 2. The van der Waals surface area contributed by atoms with Crippen molar-refractivity contribution in [3.63, 3.8) is 0 Å². The van der Waals surface area contributed by atoms with Crippen LogP contribution in [0, 0.1) is 0 Å². The molecule has 0 saturated heterocycles. The van der Waals surface area contributed by atoms with Gasteiger partial charge in [-0.2, -0.15) is 0 Å². The smallest absolute Gasteiger partial charge is 0.215 e. The zero-order valence-corrected chi connectivity index (χ0v) is 12.0. The molecule has 2 aromatic carbocycles. The van der Waals surface area contributed by atoms with E-state index in [1.165, 1.54) is 24.0 Å². The molecule has 0 amide bonds. The Kier molecular flexibility index (Phi) is 4.17. The summed E-state index contributed by atoms with van der Waals surface area (Å²) in [5.41, 5.74) is 7.37. The lowest BCUT2D eigenvalue weighted by Crippen LogP contribution is -2.36. The van der Waals surface area contributed by atoms with E-state index in [4.69, 9.17) is 5.84 Å². The van der Waals surface area contributed by atoms with E-state index >= 15 is 0 Å². The molecule has 0 aromatic heterocycles. The van der Waals surface area contributed by atoms with E-state index in [-0.39, 0.29) is 0 Å². The molecule has 0 radical (unpaired) electrons. The number of hydrogen-bond acceptors (Lipinski definition) is 2. The number of hydrazine groups is 1. The molecule has 0 aliphatic heterocycles. The average Bonchev–Trinajstić information content (AvgIpc) is 2.55. The highest BCUT2D eigenvalue weighted by Gasteiger charge is 2.12. The number of nitrogens with one attached hydrogen (secondary N) is 2. The van der Waals surface area contributed by atoms with Crippen LogP contribution in [0.2, 0.25) is 0 Å². The van der Waals surface area contributed by atoms with E-state index in [9.17, 15) is 0 Å². The predicted octanol–water partition coefficient (Wildman–Crippen LogP) is 3.13. The van der Waals surface area contributed by atoms with E-state index < -0.39 is 0 Å². The van der Waals surface area contributed by atoms with Crippen molar-refractivity contribution in [2.24, 2.45) is 10.8 Å². The Balaban J connectivity index is 1.88. The minimum atomic E-state index is 0.556. The first kappa shape index (κ1) is 13.6. The van der Waals surface area contributed by atoms with E-state index in [1.807, 2.05) is 36.4 Å². The highest BCUT2D eigenvalue weighted by Crippen LogP contribution is 2.29. The summed E-state index contributed by atoms with van der Waals surface area (Å²) in [5.74, 6) is 6.16. The standard InChI is InChI=1S/C17H20N4/c18-21-17(19-14-9-2-1-3-10-14)20-16-12-6-8-13-7-4-5-11-15(13)16/h1-3,6,8-10,12H,4-5,7,11,18H2,(H2,19,20,21). The Hall–Kier alpha value is -2.33. The van der Waals surface area contributed by atoms with E-state index in [0.717, 1.165) is 24.2 Å². The molecule has 0 spiro atoms. The summed E-state index contributed by atoms with van der Waals surface area (Å²) in [4.78, 5) is 4.66. The van der Waals surface area contributed by atoms with Gasteiger partial charge in [0.2, 0.25) is 5.96 Å². The summed E-state index contributed by atoms with van der Waals surface area (Å²) < 4.78 is 0. The zero-order valence-electron chi connectivity index (χ0n) is 12.0. The summed E-state index contributed by atoms with van der Waals surface area (Å²) >= 11 is 0. The van der Waals surface area contributed by atoms with Gasteiger partial charge in [0.15, 0.2) is 0 Å². The SMILES string of the molecule is NNC(=Nc1cccc2c1CCCC2)Nc1ccccc1. The van der Waals surface area contributed by atoms with Crippen LogP contribution in [0.3, 0.4) is 0 Å². The monoisotopic (exact) mass is 280 g/mol. The van der Waals surface area contributed by atoms with Crippen molar-refractivity contribution in [1.82, 2.24) is 5.43 Å². The molecular formula is C17H20N4. The van der Waals surface area contributed by atoms with Crippen LogP contribution in [0.15, 0.2) is 53.5 Å². The molecule has 0 fully saturated rings. The van der Waals surface area contributed by atoms with Crippen molar-refractivity contribution in [3.8, 4) is 0 Å². The van der Waals surface area contributed by atoms with Gasteiger partial charge < -0.3 is 5.32 Å². The van der Waals surface area contributed by atoms with Crippen LogP contribution >= 0.6 is 0 Å². The van der Waals surface area contributed by atoms with E-state index in [0.29, 0.717) is 5.96 Å². The maximum atomic E-state index is 5.60. The number of aryl methyl sites for hydroxylation is 1. The third-order valence-electron chi connectivity index (χ3n) is 3.78. The second-order valence-corrected chi connectivity index (χ2v) is 5.22. The third kappa shape index (κ3) is 3.23. The van der Waals surface area contributed by atoms with Crippen molar-refractivity contribution in [2.45, 2.75) is 25.7 Å². The highest BCUT2D eigenvalue weighted by atomic mass is 15.3. The largest absolute Gasteiger partial charge is 0.325 e. The second-order valence-electron chi connectivity index (χ2n) is 5.22. The average molecular weight is 280 g/mol. The second kappa shape index (κ2) is 6.41. The maximum absolute atomic E-state index is 5.60. The third-order valence-corrected chi connectivity index (χ3v) is 3.78. The van der Waals surface area contributed by atoms with Gasteiger partial charge in [-0.1, -0.05) is 30.3 Å². The van der Waals surface area contributed by atoms with Crippen molar-refractivity contribution < 1.29 is 0 Å². The molecule has 0 heterocycles. The molecule has 2 aromatic rings. The Labute approximate surface area is 125 Å². The van der Waals surface area contributed by atoms with Gasteiger partial charge >= 0.3 is 0 Å². The molecule has 0 saturated carbocycles. The van der Waals surface area contributed by atoms with Gasteiger partial charge in [0.25, 0.3) is 0 Å². The number of fused-ring (bicyclic) bond motifs is 1. The minimum Gasteiger partial charge on any atom is -0.325 e. The molecule has 4 nitrogen and oxygen atoms in total. The molecule has 0 bridgehead atoms. The van der Waals surface area contributed by atoms with Crippen LogP contribution in [0.4, 0.5) is 11.4 Å². The number of para-hydroxylation sites is 1. The van der Waals surface area contributed by atoms with Crippen LogP contribution in [0.5, 0.6) is 0 Å². The quantitative estimate of drug-likeness (QED) is 0.343. The number of benzene rings is 2. The predicted molar refractivity (Wildman–Crippen MR) is 87.6 cm³/mol. The van der Waals surface area contributed by atoms with Crippen molar-refractivity contribution in [3.05, 3.63) is 59.7 Å². The molecule has 0 atom stereocenters. The van der Waals surface area contributed by atoms with Crippen LogP contribution in [-0.4, -0.2) is 5.96 Å². The van der Waals surface area contributed by atoms with Gasteiger partial charge in [-0.05, 0) is 55.0 Å². The number of guanidine groups is 1. The molecule has 1 aliphatic rings. The first-order valence-corrected chi connectivity index (χ1v) is 7.35. The molecule has 3 rings (SSSR count). The van der Waals surface area contributed by atoms with Crippen molar-refractivity contribution >= 4 is 17.3 Å². The van der Waals surface area contributed by atoms with Crippen LogP contribution in [-0.2, 0) is 12.8 Å². The summed E-state index contributed by atoms with van der Waals surface area (Å²) in [5, 5.41) is 3.20. The number of anilines is 1. The van der Waals surface area contributed by atoms with Gasteiger partial charge in [0, 0.05) is 5.69 Å². The summed E-state index contributed by atoms with van der Waals surface area (Å²) in [6.45, 7) is 0. The summed E-state index contributed by atoms with van der Waals surface area (Å²) in [6.07, 6.45) is 4.75. The molecule has 4 N–H and O–H groups in total. The van der Waals surface area contributed by atoms with Crippen LogP contribution in [0.25, 0.3) is 0 Å². The lowest BCUT2D eigenvalue weighted by molar-refractivity contribution is 0.686. The number of aliphatic imine (C=N–C) groups is 1. The zero-order chi connectivity index (χ0) is 14.5. The molecule has 108 valence electrons. The first-order valence-electron chi connectivity index (χ1n) is 7.35. The fraction of sp³-hybridized carbons (Fsp3) is 0.235. The molecule has 21 heavy (non-hydrogen) atoms. The number of nitrogens with zero attached hydrogens (tertiary/aromatic N) is 1. The van der Waals surface area contributed by atoms with Gasteiger partial charge in [-0.15, -0.1) is 0 Å². The minimum absolute atomic E-state index is 0.556. The molecule has 1 aliphatic carbocycles. The molecular weight excluding hydrogens is 260 g/mol. The fourth-order valence-corrected chi connectivity index (χ4v) is 2.74.